The summed E-state index contributed by atoms with van der Waals surface area (Å²) >= 11 is 3.44. The van der Waals surface area contributed by atoms with E-state index in [1.54, 1.807) is 6.92 Å². The molecule has 0 aliphatic heterocycles. The minimum Gasteiger partial charge on any atom is -0.480 e. The molecular formula is C8H17BrN2O2S. The number of carboxylic acid groups (broad SMARTS) is 1. The van der Waals surface area contributed by atoms with Gasteiger partial charge in [-0.2, -0.15) is 0 Å². The molecule has 2 unspecified atom stereocenters. The average molecular weight is 285 g/mol. The number of carbonyl (C=O) groups is 1. The standard InChI is InChI=1S/C8H17BrN2O2S/c1-6(7(12)13)14(9)8(10(2)3)11(4)5/h6H,1-5H3,(H,12,13). The highest BCUT2D eigenvalue weighted by atomic mass is 79.9. The second-order valence-electron chi connectivity index (χ2n) is 3.34. The van der Waals surface area contributed by atoms with Crippen molar-refractivity contribution in [2.45, 2.75) is 12.2 Å². The van der Waals surface area contributed by atoms with Crippen molar-refractivity contribution in [3.05, 3.63) is 0 Å². The fraction of sp³-hybridized carbons (Fsp3) is 0.750. The van der Waals surface area contributed by atoms with E-state index >= 15 is 0 Å². The predicted molar refractivity (Wildman–Crippen MR) is 66.0 cm³/mol. The molecule has 0 aliphatic carbocycles. The third kappa shape index (κ3) is 3.68. The molecule has 0 spiro atoms. The van der Waals surface area contributed by atoms with Gasteiger partial charge in [-0.1, -0.05) is 8.92 Å². The number of nitrogens with zero attached hydrogens (tertiary/aromatic N) is 2. The summed E-state index contributed by atoms with van der Waals surface area (Å²) in [7, 11) is 7.17. The van der Waals surface area contributed by atoms with Gasteiger partial charge in [0, 0.05) is 0 Å². The Hall–Kier alpha value is 0.0900. The van der Waals surface area contributed by atoms with Crippen molar-refractivity contribution in [2.24, 2.45) is 0 Å². The molecule has 0 amide bonds. The van der Waals surface area contributed by atoms with Crippen LogP contribution in [0.5, 0.6) is 0 Å². The van der Waals surface area contributed by atoms with Crippen LogP contribution in [0, 0.1) is 0 Å². The highest BCUT2D eigenvalue weighted by Crippen LogP contribution is 2.31. The van der Waals surface area contributed by atoms with Gasteiger partial charge in [0.1, 0.15) is 5.25 Å². The van der Waals surface area contributed by atoms with Gasteiger partial charge in [-0.3, -0.25) is 14.6 Å². The third-order valence-electron chi connectivity index (χ3n) is 1.60. The summed E-state index contributed by atoms with van der Waals surface area (Å²) in [5.41, 5.74) is 0. The number of aliphatic carboxylic acids is 1. The Kier molecular flexibility index (Phi) is 5.88. The molecule has 0 aromatic carbocycles. The predicted octanol–water partition coefficient (Wildman–Crippen LogP) is 1.25. The van der Waals surface area contributed by atoms with Crippen molar-refractivity contribution in [1.29, 1.82) is 0 Å². The van der Waals surface area contributed by atoms with E-state index in [1.165, 1.54) is 0 Å². The Morgan fingerprint density at radius 1 is 1.29 bits per heavy atom. The molecule has 2 atom stereocenters. The normalized spacial score (nSPS) is 15.7. The van der Waals surface area contributed by atoms with E-state index in [1.807, 2.05) is 38.0 Å². The SMILES string of the molecule is CC(C(=O)O)S(Br)=C(N(C)C)N(C)C. The smallest absolute Gasteiger partial charge is 0.316 e. The van der Waals surface area contributed by atoms with Gasteiger partial charge < -0.3 is 5.11 Å². The van der Waals surface area contributed by atoms with Crippen molar-refractivity contribution >= 4 is 34.8 Å². The van der Waals surface area contributed by atoms with E-state index in [0.29, 0.717) is 0 Å². The molecule has 0 saturated carbocycles. The molecule has 1 N–H and O–H groups in total. The van der Waals surface area contributed by atoms with Crippen LogP contribution < -0.4 is 0 Å². The van der Waals surface area contributed by atoms with E-state index < -0.39 is 20.1 Å². The Morgan fingerprint density at radius 3 is 1.86 bits per heavy atom. The molecule has 0 aromatic rings. The lowest BCUT2D eigenvalue weighted by atomic mass is 10.5. The summed E-state index contributed by atoms with van der Waals surface area (Å²) < 4.78 is 0. The number of hydrogen-bond acceptors (Lipinski definition) is 1. The topological polar surface area (TPSA) is 43.8 Å². The van der Waals surface area contributed by atoms with E-state index in [4.69, 9.17) is 5.11 Å². The lowest BCUT2D eigenvalue weighted by molar-refractivity contribution is -0.136. The van der Waals surface area contributed by atoms with Crippen LogP contribution in [-0.4, -0.2) is 59.4 Å². The molecular weight excluding hydrogens is 268 g/mol. The van der Waals surface area contributed by atoms with Gasteiger partial charge in [0.15, 0.2) is 0 Å². The molecule has 84 valence electrons. The summed E-state index contributed by atoms with van der Waals surface area (Å²) in [4.78, 5) is 14.7. The van der Waals surface area contributed by atoms with Gasteiger partial charge >= 0.3 is 5.97 Å². The van der Waals surface area contributed by atoms with E-state index in [9.17, 15) is 4.79 Å². The van der Waals surface area contributed by atoms with Gasteiger partial charge in [-0.25, -0.2) is 0 Å². The van der Waals surface area contributed by atoms with Crippen LogP contribution in [0.2, 0.25) is 0 Å². The minimum absolute atomic E-state index is 0.421. The quantitative estimate of drug-likeness (QED) is 0.776. The van der Waals surface area contributed by atoms with Crippen molar-refractivity contribution in [1.82, 2.24) is 9.80 Å². The first-order valence-electron chi connectivity index (χ1n) is 4.12. The molecule has 6 heteroatoms. The van der Waals surface area contributed by atoms with Crippen LogP contribution in [-0.2, 0) is 4.79 Å². The molecule has 0 aromatic heterocycles. The van der Waals surface area contributed by atoms with Gasteiger partial charge in [0.05, 0.1) is 5.11 Å². The van der Waals surface area contributed by atoms with E-state index in [2.05, 4.69) is 14.8 Å². The first-order valence-corrected chi connectivity index (χ1v) is 7.25. The second-order valence-corrected chi connectivity index (χ2v) is 7.07. The van der Waals surface area contributed by atoms with Gasteiger partial charge in [-0.15, -0.1) is 0 Å². The first-order chi connectivity index (χ1) is 6.29. The number of halogens is 1. The Balaban J connectivity index is 5.09. The van der Waals surface area contributed by atoms with Crippen molar-refractivity contribution in [2.75, 3.05) is 28.2 Å². The monoisotopic (exact) mass is 284 g/mol. The van der Waals surface area contributed by atoms with Crippen LogP contribution in [0.15, 0.2) is 0 Å². The largest absolute Gasteiger partial charge is 0.480 e. The van der Waals surface area contributed by atoms with Crippen molar-refractivity contribution in [3.63, 3.8) is 0 Å². The lowest BCUT2D eigenvalue weighted by Gasteiger charge is -2.25. The molecule has 0 rings (SSSR count). The van der Waals surface area contributed by atoms with Crippen LogP contribution in [0.25, 0.3) is 0 Å². The van der Waals surface area contributed by atoms with Crippen molar-refractivity contribution in [3.8, 4) is 0 Å². The fourth-order valence-corrected chi connectivity index (χ4v) is 4.40. The second kappa shape index (κ2) is 5.85. The summed E-state index contributed by atoms with van der Waals surface area (Å²) in [6, 6.07) is 0. The molecule has 4 nitrogen and oxygen atoms in total. The number of rotatable bonds is 2. The maximum absolute atomic E-state index is 10.8. The molecule has 0 fully saturated rings. The summed E-state index contributed by atoms with van der Waals surface area (Å²) in [5, 5.41) is 9.44. The van der Waals surface area contributed by atoms with Gasteiger partial charge in [-0.05, 0) is 49.9 Å². The minimum atomic E-state index is -0.786. The van der Waals surface area contributed by atoms with Crippen LogP contribution >= 0.6 is 23.7 Å². The Labute approximate surface area is 95.0 Å². The number of carboxylic acids is 1. The molecule has 0 saturated heterocycles. The molecule has 14 heavy (non-hydrogen) atoms. The number of hydrogen-bond donors (Lipinski definition) is 1. The van der Waals surface area contributed by atoms with E-state index in [-0.39, 0.29) is 0 Å². The van der Waals surface area contributed by atoms with Crippen LogP contribution in [0.3, 0.4) is 0 Å². The van der Waals surface area contributed by atoms with Crippen LogP contribution in [0.4, 0.5) is 0 Å². The lowest BCUT2D eigenvalue weighted by Crippen LogP contribution is -2.36. The zero-order chi connectivity index (χ0) is 11.5. The molecule has 0 radical (unpaired) electrons. The first kappa shape index (κ1) is 14.1. The third-order valence-corrected chi connectivity index (χ3v) is 6.05. The van der Waals surface area contributed by atoms with E-state index in [0.717, 1.165) is 5.11 Å². The highest BCUT2D eigenvalue weighted by Gasteiger charge is 2.19. The summed E-state index contributed by atoms with van der Waals surface area (Å²) in [5.74, 6) is -0.786. The van der Waals surface area contributed by atoms with Gasteiger partial charge in [0.2, 0.25) is 0 Å². The summed E-state index contributed by atoms with van der Waals surface area (Å²) in [6.45, 7) is 1.70. The van der Waals surface area contributed by atoms with Crippen LogP contribution in [0.1, 0.15) is 6.92 Å². The maximum Gasteiger partial charge on any atom is 0.316 e. The zero-order valence-electron chi connectivity index (χ0n) is 9.11. The Bertz CT molecular complexity index is 244. The fourth-order valence-electron chi connectivity index (χ4n) is 0.995. The Morgan fingerprint density at radius 2 is 1.64 bits per heavy atom. The molecule has 0 bridgehead atoms. The molecule has 0 heterocycles. The van der Waals surface area contributed by atoms with Gasteiger partial charge in [0.25, 0.3) is 0 Å². The highest BCUT2D eigenvalue weighted by molar-refractivity contribution is 9.53. The maximum atomic E-state index is 10.8. The molecule has 0 aliphatic rings. The zero-order valence-corrected chi connectivity index (χ0v) is 11.5. The summed E-state index contributed by atoms with van der Waals surface area (Å²) in [6.07, 6.45) is 0. The average Bonchev–Trinajstić information content (AvgIpc) is 2.01. The van der Waals surface area contributed by atoms with Crippen molar-refractivity contribution < 1.29 is 9.90 Å².